The van der Waals surface area contributed by atoms with E-state index in [4.69, 9.17) is 0 Å². The van der Waals surface area contributed by atoms with Gasteiger partial charge in [-0.1, -0.05) is 175 Å². The van der Waals surface area contributed by atoms with E-state index in [0.717, 1.165) is 63.9 Å². The largest absolute Gasteiger partial charge is 0.309 e. The maximum Gasteiger partial charge on any atom is 0.0535 e. The fourth-order valence-corrected chi connectivity index (χ4v) is 6.36. The van der Waals surface area contributed by atoms with Gasteiger partial charge in [0.1, 0.15) is 0 Å². The Kier molecular flexibility index (Phi) is 10.6. The SMILES string of the molecule is Brc1ccc(N(c2ccc(Br)cc2C=Cc2ccccc2)c2ccc(Br)cc2C=Cc2ccccc2)c(C=Cc2ccccc2)c1. The smallest absolute Gasteiger partial charge is 0.0535 e. The lowest BCUT2D eigenvalue weighted by Gasteiger charge is -2.30. The molecule has 0 saturated carbocycles. The topological polar surface area (TPSA) is 3.24 Å². The van der Waals surface area contributed by atoms with Crippen molar-refractivity contribution in [1.29, 1.82) is 0 Å². The van der Waals surface area contributed by atoms with Crippen LogP contribution < -0.4 is 4.90 Å². The highest BCUT2D eigenvalue weighted by atomic mass is 79.9. The van der Waals surface area contributed by atoms with E-state index in [1.165, 1.54) is 0 Å². The summed E-state index contributed by atoms with van der Waals surface area (Å²) >= 11 is 11.2. The summed E-state index contributed by atoms with van der Waals surface area (Å²) in [5, 5.41) is 0. The quantitative estimate of drug-likeness (QED) is 0.132. The number of halogens is 3. The van der Waals surface area contributed by atoms with E-state index < -0.39 is 0 Å². The van der Waals surface area contributed by atoms with Crippen molar-refractivity contribution in [3.63, 3.8) is 0 Å². The van der Waals surface area contributed by atoms with Crippen molar-refractivity contribution in [3.05, 3.63) is 192 Å². The fourth-order valence-electron chi connectivity index (χ4n) is 5.23. The number of hydrogen-bond acceptors (Lipinski definition) is 1. The Morgan fingerprint density at radius 1 is 0.326 bits per heavy atom. The predicted octanol–water partition coefficient (Wildman–Crippen LogP) is 14.0. The van der Waals surface area contributed by atoms with Gasteiger partial charge in [-0.15, -0.1) is 0 Å². The molecule has 6 rings (SSSR count). The van der Waals surface area contributed by atoms with Crippen LogP contribution in [0.3, 0.4) is 0 Å². The molecule has 0 N–H and O–H groups in total. The maximum absolute atomic E-state index is 3.75. The van der Waals surface area contributed by atoms with Crippen LogP contribution in [-0.2, 0) is 0 Å². The number of nitrogens with zero attached hydrogens (tertiary/aromatic N) is 1. The zero-order valence-corrected chi connectivity index (χ0v) is 29.7. The van der Waals surface area contributed by atoms with Gasteiger partial charge in [-0.2, -0.15) is 0 Å². The molecule has 1 nitrogen and oxygen atoms in total. The molecule has 0 fully saturated rings. The molecule has 0 aliphatic heterocycles. The van der Waals surface area contributed by atoms with Crippen molar-refractivity contribution < 1.29 is 0 Å². The Labute approximate surface area is 296 Å². The van der Waals surface area contributed by atoms with Crippen LogP contribution in [0.4, 0.5) is 17.1 Å². The van der Waals surface area contributed by atoms with Crippen LogP contribution in [0, 0.1) is 0 Å². The Morgan fingerprint density at radius 2 is 0.609 bits per heavy atom. The summed E-state index contributed by atoms with van der Waals surface area (Å²) in [5.74, 6) is 0. The second-order valence-electron chi connectivity index (χ2n) is 10.7. The number of anilines is 3. The molecule has 0 atom stereocenters. The van der Waals surface area contributed by atoms with Crippen molar-refractivity contribution in [2.75, 3.05) is 4.90 Å². The summed E-state index contributed by atoms with van der Waals surface area (Å²) in [5.41, 5.74) is 9.86. The Hall–Kier alpha value is -4.22. The summed E-state index contributed by atoms with van der Waals surface area (Å²) in [6.45, 7) is 0. The fraction of sp³-hybridized carbons (Fsp3) is 0. The van der Waals surface area contributed by atoms with Gasteiger partial charge < -0.3 is 4.90 Å². The van der Waals surface area contributed by atoms with E-state index >= 15 is 0 Å². The van der Waals surface area contributed by atoms with Crippen LogP contribution in [0.5, 0.6) is 0 Å². The lowest BCUT2D eigenvalue weighted by atomic mass is 10.0. The molecule has 6 aromatic rings. The highest BCUT2D eigenvalue weighted by molar-refractivity contribution is 9.11. The first-order valence-electron chi connectivity index (χ1n) is 14.9. The summed E-state index contributed by atoms with van der Waals surface area (Å²) in [4.78, 5) is 2.37. The van der Waals surface area contributed by atoms with E-state index in [1.54, 1.807) is 0 Å². The molecule has 0 bridgehead atoms. The summed E-state index contributed by atoms with van der Waals surface area (Å²) in [7, 11) is 0. The minimum Gasteiger partial charge on any atom is -0.309 e. The van der Waals surface area contributed by atoms with Gasteiger partial charge in [0.05, 0.1) is 17.1 Å². The van der Waals surface area contributed by atoms with Crippen LogP contribution in [0.1, 0.15) is 33.4 Å². The van der Waals surface area contributed by atoms with E-state index in [-0.39, 0.29) is 0 Å². The molecule has 0 unspecified atom stereocenters. The van der Waals surface area contributed by atoms with Gasteiger partial charge in [0.2, 0.25) is 0 Å². The molecule has 224 valence electrons. The first-order valence-corrected chi connectivity index (χ1v) is 17.3. The summed E-state index contributed by atoms with van der Waals surface area (Å²) in [6, 6.07) is 50.7. The van der Waals surface area contributed by atoms with Gasteiger partial charge in [0.25, 0.3) is 0 Å². The van der Waals surface area contributed by atoms with E-state index in [0.29, 0.717) is 0 Å². The molecule has 0 aromatic heterocycles. The average molecular weight is 788 g/mol. The number of benzene rings is 6. The lowest BCUT2D eigenvalue weighted by Crippen LogP contribution is -2.14. The minimum atomic E-state index is 1.02. The molecule has 4 heteroatoms. The predicted molar refractivity (Wildman–Crippen MR) is 210 cm³/mol. The van der Waals surface area contributed by atoms with Crippen LogP contribution >= 0.6 is 47.8 Å². The van der Waals surface area contributed by atoms with Gasteiger partial charge in [0, 0.05) is 13.4 Å². The third kappa shape index (κ3) is 8.13. The first kappa shape index (κ1) is 31.7. The van der Waals surface area contributed by atoms with Crippen molar-refractivity contribution >= 4 is 101 Å². The minimum absolute atomic E-state index is 1.02. The van der Waals surface area contributed by atoms with Gasteiger partial charge in [-0.05, 0) is 88.0 Å². The molecular weight excluding hydrogens is 758 g/mol. The molecule has 0 heterocycles. The molecule has 0 saturated heterocycles. The summed E-state index contributed by atoms with van der Waals surface area (Å²) in [6.07, 6.45) is 13.1. The third-order valence-corrected chi connectivity index (χ3v) is 8.94. The van der Waals surface area contributed by atoms with Crippen molar-refractivity contribution in [1.82, 2.24) is 0 Å². The van der Waals surface area contributed by atoms with Crippen LogP contribution in [-0.4, -0.2) is 0 Å². The van der Waals surface area contributed by atoms with Crippen molar-refractivity contribution in [2.24, 2.45) is 0 Å². The van der Waals surface area contributed by atoms with E-state index in [2.05, 4.69) is 217 Å². The second kappa shape index (κ2) is 15.4. The normalized spacial score (nSPS) is 11.5. The van der Waals surface area contributed by atoms with Gasteiger partial charge in [-0.3, -0.25) is 0 Å². The zero-order valence-electron chi connectivity index (χ0n) is 24.9. The summed E-state index contributed by atoms with van der Waals surface area (Å²) < 4.78 is 3.05. The van der Waals surface area contributed by atoms with Crippen molar-refractivity contribution in [3.8, 4) is 0 Å². The number of rotatable bonds is 9. The van der Waals surface area contributed by atoms with E-state index in [1.807, 2.05) is 18.2 Å². The molecule has 6 aromatic carbocycles. The number of hydrogen-bond donors (Lipinski definition) is 0. The van der Waals surface area contributed by atoms with E-state index in [9.17, 15) is 0 Å². The van der Waals surface area contributed by atoms with Gasteiger partial charge in [0.15, 0.2) is 0 Å². The van der Waals surface area contributed by atoms with Crippen LogP contribution in [0.25, 0.3) is 36.5 Å². The Bertz CT molecular complexity index is 1780. The second-order valence-corrected chi connectivity index (χ2v) is 13.4. The average Bonchev–Trinajstić information content (AvgIpc) is 3.09. The molecule has 0 aliphatic rings. The third-order valence-electron chi connectivity index (χ3n) is 7.46. The lowest BCUT2D eigenvalue weighted by molar-refractivity contribution is 1.26. The van der Waals surface area contributed by atoms with Crippen molar-refractivity contribution in [2.45, 2.75) is 0 Å². The molecule has 0 spiro atoms. The van der Waals surface area contributed by atoms with Gasteiger partial charge >= 0.3 is 0 Å². The van der Waals surface area contributed by atoms with Crippen LogP contribution in [0.15, 0.2) is 159 Å². The molecule has 0 aliphatic carbocycles. The molecule has 46 heavy (non-hydrogen) atoms. The molecule has 0 radical (unpaired) electrons. The Balaban J connectivity index is 1.57. The van der Waals surface area contributed by atoms with Gasteiger partial charge in [-0.25, -0.2) is 0 Å². The highest BCUT2D eigenvalue weighted by Crippen LogP contribution is 2.43. The molecular formula is C42H30Br3N. The highest BCUT2D eigenvalue weighted by Gasteiger charge is 2.20. The standard InChI is InChI=1S/C42H30Br3N/c43-37-22-25-40(34(28-37)19-16-31-10-4-1-5-11-31)46(41-26-23-38(44)29-35(41)20-17-32-12-6-2-7-13-32)42-27-24-39(45)30-36(42)21-18-33-14-8-3-9-15-33/h1-30H. The maximum atomic E-state index is 3.75. The van der Waals surface area contributed by atoms with Crippen LogP contribution in [0.2, 0.25) is 0 Å². The zero-order chi connectivity index (χ0) is 31.7. The first-order chi connectivity index (χ1) is 22.5. The molecule has 0 amide bonds. The monoisotopic (exact) mass is 785 g/mol. The Morgan fingerprint density at radius 3 is 0.891 bits per heavy atom.